The maximum atomic E-state index is 13.4. The molecule has 0 radical (unpaired) electrons. The number of aromatic nitrogens is 2. The first-order valence-corrected chi connectivity index (χ1v) is 10.6. The molecule has 0 saturated heterocycles. The summed E-state index contributed by atoms with van der Waals surface area (Å²) in [6.07, 6.45) is 0.368. The van der Waals surface area contributed by atoms with Crippen LogP contribution in [0.1, 0.15) is 6.42 Å². The van der Waals surface area contributed by atoms with Gasteiger partial charge in [-0.2, -0.15) is 0 Å². The van der Waals surface area contributed by atoms with E-state index in [9.17, 15) is 9.18 Å². The normalized spacial score (nSPS) is 10.7. The summed E-state index contributed by atoms with van der Waals surface area (Å²) < 4.78 is 13.4. The van der Waals surface area contributed by atoms with Crippen LogP contribution in [0, 0.1) is 5.82 Å². The molecule has 3 aromatic carbocycles. The van der Waals surface area contributed by atoms with Crippen molar-refractivity contribution in [1.82, 2.24) is 9.97 Å². The van der Waals surface area contributed by atoms with E-state index in [0.29, 0.717) is 12.2 Å². The van der Waals surface area contributed by atoms with E-state index in [1.807, 2.05) is 60.7 Å². The van der Waals surface area contributed by atoms with Gasteiger partial charge in [0.1, 0.15) is 5.82 Å². The molecule has 1 aromatic heterocycles. The van der Waals surface area contributed by atoms with Gasteiger partial charge < -0.3 is 10.3 Å². The molecule has 0 atom stereocenters. The summed E-state index contributed by atoms with van der Waals surface area (Å²) in [6.45, 7) is 0. The number of nitrogens with one attached hydrogen (secondary N) is 2. The molecule has 1 amide bonds. The lowest BCUT2D eigenvalue weighted by atomic mass is 10.1. The summed E-state index contributed by atoms with van der Waals surface area (Å²) in [5.41, 5.74) is 4.25. The number of amides is 1. The Hall–Kier alpha value is -3.38. The van der Waals surface area contributed by atoms with Crippen molar-refractivity contribution in [3.63, 3.8) is 0 Å². The lowest BCUT2D eigenvalue weighted by molar-refractivity contribution is -0.115. The van der Waals surface area contributed by atoms with Crippen molar-refractivity contribution in [2.24, 2.45) is 0 Å². The first-order valence-electron chi connectivity index (χ1n) is 9.58. The van der Waals surface area contributed by atoms with Gasteiger partial charge in [-0.05, 0) is 36.4 Å². The zero-order valence-corrected chi connectivity index (χ0v) is 17.0. The van der Waals surface area contributed by atoms with Crippen molar-refractivity contribution >= 4 is 23.4 Å². The van der Waals surface area contributed by atoms with Crippen LogP contribution in [0.3, 0.4) is 0 Å². The maximum absolute atomic E-state index is 13.4. The van der Waals surface area contributed by atoms with Gasteiger partial charge in [-0.3, -0.25) is 4.79 Å². The number of imidazole rings is 1. The molecule has 0 saturated carbocycles. The van der Waals surface area contributed by atoms with E-state index in [0.717, 1.165) is 33.4 Å². The quantitative estimate of drug-likeness (QED) is 0.362. The monoisotopic (exact) mass is 417 g/mol. The van der Waals surface area contributed by atoms with E-state index in [1.54, 1.807) is 12.1 Å². The fourth-order valence-corrected chi connectivity index (χ4v) is 3.85. The van der Waals surface area contributed by atoms with Crippen molar-refractivity contribution < 1.29 is 9.18 Å². The lowest BCUT2D eigenvalue weighted by Crippen LogP contribution is -2.11. The third-order valence-electron chi connectivity index (χ3n) is 4.49. The van der Waals surface area contributed by atoms with Crippen LogP contribution in [0.4, 0.5) is 10.1 Å². The molecule has 0 aliphatic heterocycles. The van der Waals surface area contributed by atoms with Gasteiger partial charge in [0.15, 0.2) is 5.16 Å². The Morgan fingerprint density at radius 1 is 0.900 bits per heavy atom. The second-order valence-corrected chi connectivity index (χ2v) is 7.73. The number of para-hydroxylation sites is 1. The molecule has 6 heteroatoms. The van der Waals surface area contributed by atoms with Crippen LogP contribution >= 0.6 is 11.8 Å². The minimum Gasteiger partial charge on any atom is -0.332 e. The zero-order valence-electron chi connectivity index (χ0n) is 16.1. The highest BCUT2D eigenvalue weighted by molar-refractivity contribution is 7.99. The number of thioether (sulfide) groups is 1. The minimum absolute atomic E-state index is 0.0395. The molecule has 0 unspecified atom stereocenters. The third kappa shape index (κ3) is 4.96. The van der Waals surface area contributed by atoms with Gasteiger partial charge in [0, 0.05) is 29.0 Å². The fraction of sp³-hybridized carbons (Fsp3) is 0.0833. The van der Waals surface area contributed by atoms with Gasteiger partial charge in [0.25, 0.3) is 0 Å². The number of hydrogen-bond acceptors (Lipinski definition) is 3. The lowest BCUT2D eigenvalue weighted by Gasteiger charge is -2.04. The number of rotatable bonds is 7. The smallest absolute Gasteiger partial charge is 0.225 e. The Morgan fingerprint density at radius 2 is 1.57 bits per heavy atom. The second kappa shape index (κ2) is 9.41. The van der Waals surface area contributed by atoms with Gasteiger partial charge in [0.05, 0.1) is 11.4 Å². The van der Waals surface area contributed by atoms with Crippen molar-refractivity contribution in [3.8, 4) is 22.5 Å². The summed E-state index contributed by atoms with van der Waals surface area (Å²) in [5.74, 6) is 0.268. The molecule has 0 aliphatic carbocycles. The molecule has 4 rings (SSSR count). The van der Waals surface area contributed by atoms with E-state index >= 15 is 0 Å². The number of aromatic amines is 1. The van der Waals surface area contributed by atoms with Crippen LogP contribution in [-0.2, 0) is 4.79 Å². The fourth-order valence-electron chi connectivity index (χ4n) is 3.04. The SMILES string of the molecule is O=C(CCSc1nc(-c2ccccc2)c(-c2ccc(F)cc2)[nH]1)Nc1ccccc1. The van der Waals surface area contributed by atoms with Crippen LogP contribution in [0.15, 0.2) is 90.1 Å². The molecule has 4 nitrogen and oxygen atoms in total. The number of benzene rings is 3. The Labute approximate surface area is 178 Å². The molecule has 30 heavy (non-hydrogen) atoms. The predicted molar refractivity (Wildman–Crippen MR) is 120 cm³/mol. The van der Waals surface area contributed by atoms with Crippen molar-refractivity contribution in [2.75, 3.05) is 11.1 Å². The number of halogens is 1. The molecule has 150 valence electrons. The molecule has 1 heterocycles. The van der Waals surface area contributed by atoms with Crippen molar-refractivity contribution in [2.45, 2.75) is 11.6 Å². The highest BCUT2D eigenvalue weighted by Gasteiger charge is 2.15. The van der Waals surface area contributed by atoms with E-state index in [1.165, 1.54) is 23.9 Å². The Balaban J connectivity index is 1.48. The topological polar surface area (TPSA) is 57.8 Å². The summed E-state index contributed by atoms with van der Waals surface area (Å²) in [4.78, 5) is 20.2. The van der Waals surface area contributed by atoms with E-state index in [2.05, 4.69) is 10.3 Å². The summed E-state index contributed by atoms with van der Waals surface area (Å²) in [7, 11) is 0. The number of hydrogen-bond donors (Lipinski definition) is 2. The van der Waals surface area contributed by atoms with E-state index < -0.39 is 0 Å². The van der Waals surface area contributed by atoms with E-state index in [-0.39, 0.29) is 11.7 Å². The summed E-state index contributed by atoms with van der Waals surface area (Å²) in [5, 5.41) is 3.61. The van der Waals surface area contributed by atoms with Gasteiger partial charge >= 0.3 is 0 Å². The molecule has 0 aliphatic rings. The number of nitrogens with zero attached hydrogens (tertiary/aromatic N) is 1. The number of carbonyl (C=O) groups excluding carboxylic acids is 1. The van der Waals surface area contributed by atoms with Gasteiger partial charge in [0.2, 0.25) is 5.91 Å². The van der Waals surface area contributed by atoms with Crippen LogP contribution in [0.5, 0.6) is 0 Å². The standard InChI is InChI=1S/C24H20FN3OS/c25-19-13-11-18(12-14-19)23-22(17-7-3-1-4-8-17)27-24(28-23)30-16-15-21(29)26-20-9-5-2-6-10-20/h1-14H,15-16H2,(H,26,29)(H,27,28). The Kier molecular flexibility index (Phi) is 6.25. The highest BCUT2D eigenvalue weighted by atomic mass is 32.2. The average molecular weight is 418 g/mol. The molecular formula is C24H20FN3OS. The number of H-pyrrole nitrogens is 1. The zero-order chi connectivity index (χ0) is 20.8. The molecule has 2 N–H and O–H groups in total. The van der Waals surface area contributed by atoms with Crippen LogP contribution in [0.25, 0.3) is 22.5 Å². The first-order chi connectivity index (χ1) is 14.7. The predicted octanol–water partition coefficient (Wildman–Crippen LogP) is 6.00. The van der Waals surface area contributed by atoms with E-state index in [4.69, 9.17) is 4.98 Å². The van der Waals surface area contributed by atoms with Gasteiger partial charge in [-0.25, -0.2) is 9.37 Å². The molecule has 4 aromatic rings. The average Bonchev–Trinajstić information content (AvgIpc) is 3.20. The summed E-state index contributed by atoms with van der Waals surface area (Å²) in [6, 6.07) is 25.6. The first kappa shape index (κ1) is 19.9. The van der Waals surface area contributed by atoms with Crippen LogP contribution in [0.2, 0.25) is 0 Å². The van der Waals surface area contributed by atoms with Crippen LogP contribution < -0.4 is 5.32 Å². The molecular weight excluding hydrogens is 397 g/mol. The van der Waals surface area contributed by atoms with Crippen molar-refractivity contribution in [3.05, 3.63) is 90.7 Å². The second-order valence-electron chi connectivity index (χ2n) is 6.65. The van der Waals surface area contributed by atoms with Gasteiger partial charge in [-0.1, -0.05) is 60.3 Å². The minimum atomic E-state index is -0.279. The highest BCUT2D eigenvalue weighted by Crippen LogP contribution is 2.32. The Bertz CT molecular complexity index is 1110. The van der Waals surface area contributed by atoms with Crippen LogP contribution in [-0.4, -0.2) is 21.6 Å². The largest absolute Gasteiger partial charge is 0.332 e. The van der Waals surface area contributed by atoms with Crippen molar-refractivity contribution in [1.29, 1.82) is 0 Å². The Morgan fingerprint density at radius 3 is 2.27 bits per heavy atom. The third-order valence-corrected chi connectivity index (χ3v) is 5.36. The number of anilines is 1. The maximum Gasteiger partial charge on any atom is 0.225 e. The molecule has 0 fully saturated rings. The number of carbonyl (C=O) groups is 1. The van der Waals surface area contributed by atoms with Gasteiger partial charge in [-0.15, -0.1) is 0 Å². The summed E-state index contributed by atoms with van der Waals surface area (Å²) >= 11 is 1.49. The molecule has 0 spiro atoms. The molecule has 0 bridgehead atoms.